The molecule has 1 aromatic carbocycles. The molecular formula is C17H12ClN2O3-. The Morgan fingerprint density at radius 2 is 2.00 bits per heavy atom. The van der Waals surface area contributed by atoms with E-state index >= 15 is 0 Å². The van der Waals surface area contributed by atoms with Crippen molar-refractivity contribution >= 4 is 29.3 Å². The van der Waals surface area contributed by atoms with Crippen molar-refractivity contribution in [1.29, 1.82) is 0 Å². The Bertz CT molecular complexity index is 898. The van der Waals surface area contributed by atoms with Crippen LogP contribution in [0, 0.1) is 0 Å². The largest absolute Gasteiger partial charge is 0.545 e. The summed E-state index contributed by atoms with van der Waals surface area (Å²) in [5.74, 6) is -0.546. The van der Waals surface area contributed by atoms with Crippen LogP contribution in [0.1, 0.15) is 5.69 Å². The molecule has 0 radical (unpaired) electrons. The molecule has 0 aliphatic rings. The molecule has 0 fully saturated rings. The van der Waals surface area contributed by atoms with Crippen molar-refractivity contribution in [3.05, 3.63) is 59.4 Å². The zero-order valence-corrected chi connectivity index (χ0v) is 12.9. The van der Waals surface area contributed by atoms with Crippen LogP contribution in [0.25, 0.3) is 23.0 Å². The van der Waals surface area contributed by atoms with Gasteiger partial charge in [-0.15, -0.1) is 0 Å². The summed E-state index contributed by atoms with van der Waals surface area (Å²) in [5.41, 5.74) is 2.76. The lowest BCUT2D eigenvalue weighted by molar-refractivity contribution is -0.297. The number of carboxylic acids is 1. The van der Waals surface area contributed by atoms with E-state index in [1.807, 2.05) is 24.3 Å². The first kappa shape index (κ1) is 15.1. The number of carboxylic acid groups (broad SMARTS) is 1. The molecule has 2 aromatic heterocycles. The SMILES string of the molecule is COc1ccc(-c2nc3ccc(Cl)cn3c2/C=C/C(=O)[O-])cc1. The summed E-state index contributed by atoms with van der Waals surface area (Å²) in [5, 5.41) is 11.3. The Morgan fingerprint density at radius 1 is 1.26 bits per heavy atom. The number of imidazole rings is 1. The van der Waals surface area contributed by atoms with E-state index < -0.39 is 5.97 Å². The van der Waals surface area contributed by atoms with Gasteiger partial charge < -0.3 is 14.6 Å². The fourth-order valence-electron chi connectivity index (χ4n) is 2.30. The molecule has 0 aliphatic carbocycles. The molecule has 3 rings (SSSR count). The van der Waals surface area contributed by atoms with Crippen LogP contribution in [-0.4, -0.2) is 22.5 Å². The van der Waals surface area contributed by atoms with E-state index in [0.717, 1.165) is 17.4 Å². The van der Waals surface area contributed by atoms with Crippen LogP contribution >= 0.6 is 11.6 Å². The smallest absolute Gasteiger partial charge is 0.138 e. The predicted molar refractivity (Wildman–Crippen MR) is 86.2 cm³/mol. The number of methoxy groups -OCH3 is 1. The molecule has 0 amide bonds. The summed E-state index contributed by atoms with van der Waals surface area (Å²) < 4.78 is 6.88. The van der Waals surface area contributed by atoms with Crippen LogP contribution < -0.4 is 9.84 Å². The molecule has 0 spiro atoms. The van der Waals surface area contributed by atoms with Crippen molar-refractivity contribution in [3.63, 3.8) is 0 Å². The highest BCUT2D eigenvalue weighted by Gasteiger charge is 2.12. The number of pyridine rings is 1. The highest BCUT2D eigenvalue weighted by Crippen LogP contribution is 2.28. The van der Waals surface area contributed by atoms with Gasteiger partial charge in [-0.1, -0.05) is 11.6 Å². The van der Waals surface area contributed by atoms with Crippen molar-refractivity contribution in [3.8, 4) is 17.0 Å². The molecule has 3 aromatic rings. The fourth-order valence-corrected chi connectivity index (χ4v) is 2.47. The maximum atomic E-state index is 10.8. The Kier molecular flexibility index (Phi) is 4.04. The molecule has 0 aliphatic heterocycles. The van der Waals surface area contributed by atoms with Crippen LogP contribution in [0.15, 0.2) is 48.7 Å². The third-order valence-electron chi connectivity index (χ3n) is 3.36. The Hall–Kier alpha value is -2.79. The van der Waals surface area contributed by atoms with Gasteiger partial charge in [0.1, 0.15) is 11.4 Å². The van der Waals surface area contributed by atoms with Gasteiger partial charge in [0, 0.05) is 11.8 Å². The van der Waals surface area contributed by atoms with E-state index in [9.17, 15) is 9.90 Å². The minimum atomic E-state index is -1.28. The summed E-state index contributed by atoms with van der Waals surface area (Å²) in [7, 11) is 1.59. The molecule has 23 heavy (non-hydrogen) atoms. The number of carbonyl (C=O) groups excluding carboxylic acids is 1. The van der Waals surface area contributed by atoms with Crippen molar-refractivity contribution < 1.29 is 14.6 Å². The number of nitrogens with zero attached hydrogens (tertiary/aromatic N) is 2. The number of rotatable bonds is 4. The van der Waals surface area contributed by atoms with Crippen molar-refractivity contribution in [2.45, 2.75) is 0 Å². The number of ether oxygens (including phenoxy) is 1. The highest BCUT2D eigenvalue weighted by atomic mass is 35.5. The number of carbonyl (C=O) groups is 1. The molecule has 0 bridgehead atoms. The Morgan fingerprint density at radius 3 is 2.65 bits per heavy atom. The number of benzene rings is 1. The minimum Gasteiger partial charge on any atom is -0.545 e. The van der Waals surface area contributed by atoms with Crippen LogP contribution in [0.3, 0.4) is 0 Å². The van der Waals surface area contributed by atoms with E-state index in [-0.39, 0.29) is 0 Å². The molecule has 6 heteroatoms. The standard InChI is InChI=1S/C17H13ClN2O3/c1-23-13-5-2-11(3-6-13)17-14(7-9-16(21)22)20-10-12(18)4-8-15(20)19-17/h2-10H,1H3,(H,21,22)/p-1/b9-7+. The van der Waals surface area contributed by atoms with Gasteiger partial charge in [-0.3, -0.25) is 4.40 Å². The normalized spacial score (nSPS) is 11.2. The number of aliphatic carboxylic acids is 1. The molecule has 116 valence electrons. The lowest BCUT2D eigenvalue weighted by Gasteiger charge is -2.03. The minimum absolute atomic E-state index is 0.527. The van der Waals surface area contributed by atoms with E-state index in [4.69, 9.17) is 16.3 Å². The monoisotopic (exact) mass is 327 g/mol. The zero-order chi connectivity index (χ0) is 16.4. The second-order valence-corrected chi connectivity index (χ2v) is 5.24. The van der Waals surface area contributed by atoms with Gasteiger partial charge in [0.15, 0.2) is 0 Å². The van der Waals surface area contributed by atoms with Crippen LogP contribution in [0.4, 0.5) is 0 Å². The van der Waals surface area contributed by atoms with Gasteiger partial charge in [-0.05, 0) is 48.6 Å². The summed E-state index contributed by atoms with van der Waals surface area (Å²) >= 11 is 6.03. The molecule has 0 saturated heterocycles. The first-order valence-corrected chi connectivity index (χ1v) is 7.17. The average Bonchev–Trinajstić information content (AvgIpc) is 2.90. The lowest BCUT2D eigenvalue weighted by atomic mass is 10.1. The van der Waals surface area contributed by atoms with E-state index in [1.165, 1.54) is 6.08 Å². The summed E-state index contributed by atoms with van der Waals surface area (Å²) in [6, 6.07) is 10.9. The quantitative estimate of drug-likeness (QED) is 0.690. The number of hydrogen-bond acceptors (Lipinski definition) is 4. The Labute approximate surface area is 137 Å². The van der Waals surface area contributed by atoms with Gasteiger partial charge in [0.2, 0.25) is 0 Å². The third-order valence-corrected chi connectivity index (χ3v) is 3.58. The van der Waals surface area contributed by atoms with Crippen LogP contribution in [0.2, 0.25) is 5.02 Å². The van der Waals surface area contributed by atoms with Gasteiger partial charge in [0.25, 0.3) is 0 Å². The maximum Gasteiger partial charge on any atom is 0.138 e. The van der Waals surface area contributed by atoms with Crippen molar-refractivity contribution in [2.24, 2.45) is 0 Å². The molecule has 5 nitrogen and oxygen atoms in total. The maximum absolute atomic E-state index is 10.8. The zero-order valence-electron chi connectivity index (χ0n) is 12.2. The number of aromatic nitrogens is 2. The molecule has 2 heterocycles. The molecule has 0 N–H and O–H groups in total. The number of hydrogen-bond donors (Lipinski definition) is 0. The topological polar surface area (TPSA) is 66.7 Å². The van der Waals surface area contributed by atoms with Crippen LogP contribution in [-0.2, 0) is 4.79 Å². The van der Waals surface area contributed by atoms with Crippen LogP contribution in [0.5, 0.6) is 5.75 Å². The lowest BCUT2D eigenvalue weighted by Crippen LogP contribution is -2.18. The molecule has 0 unspecified atom stereocenters. The van der Waals surface area contributed by atoms with E-state index in [2.05, 4.69) is 4.98 Å². The van der Waals surface area contributed by atoms with Gasteiger partial charge in [-0.25, -0.2) is 4.98 Å². The average molecular weight is 328 g/mol. The highest BCUT2D eigenvalue weighted by molar-refractivity contribution is 6.30. The summed E-state index contributed by atoms with van der Waals surface area (Å²) in [4.78, 5) is 15.3. The number of fused-ring (bicyclic) bond motifs is 1. The fraction of sp³-hybridized carbons (Fsp3) is 0.0588. The first-order chi connectivity index (χ1) is 11.1. The molecule has 0 atom stereocenters. The molecular weight excluding hydrogens is 316 g/mol. The van der Waals surface area contributed by atoms with Gasteiger partial charge >= 0.3 is 0 Å². The van der Waals surface area contributed by atoms with Gasteiger partial charge in [-0.2, -0.15) is 0 Å². The third kappa shape index (κ3) is 3.05. The first-order valence-electron chi connectivity index (χ1n) is 6.79. The second-order valence-electron chi connectivity index (χ2n) is 4.80. The second kappa shape index (κ2) is 6.14. The Balaban J connectivity index is 2.21. The number of halogens is 1. The van der Waals surface area contributed by atoms with Gasteiger partial charge in [0.05, 0.1) is 29.5 Å². The summed E-state index contributed by atoms with van der Waals surface area (Å²) in [6.45, 7) is 0. The summed E-state index contributed by atoms with van der Waals surface area (Å²) in [6.07, 6.45) is 4.11. The van der Waals surface area contributed by atoms with Crippen molar-refractivity contribution in [1.82, 2.24) is 9.38 Å². The van der Waals surface area contributed by atoms with Crippen molar-refractivity contribution in [2.75, 3.05) is 7.11 Å². The predicted octanol–water partition coefficient (Wildman–Crippen LogP) is 2.43. The van der Waals surface area contributed by atoms with E-state index in [0.29, 0.717) is 22.1 Å². The molecule has 0 saturated carbocycles. The van der Waals surface area contributed by atoms with E-state index in [1.54, 1.807) is 29.8 Å².